The van der Waals surface area contributed by atoms with Crippen molar-refractivity contribution < 1.29 is 14.3 Å². The third-order valence-corrected chi connectivity index (χ3v) is 4.41. The highest BCUT2D eigenvalue weighted by atomic mass is 16.5. The Labute approximate surface area is 163 Å². The Hall–Kier alpha value is -3.60. The van der Waals surface area contributed by atoms with Crippen molar-refractivity contribution in [3.05, 3.63) is 90.0 Å². The highest BCUT2D eigenvalue weighted by molar-refractivity contribution is 6.09. The Morgan fingerprint density at radius 1 is 0.786 bits per heavy atom. The molecule has 140 valence electrons. The Kier molecular flexibility index (Phi) is 5.06. The van der Waals surface area contributed by atoms with E-state index in [1.54, 1.807) is 48.5 Å². The van der Waals surface area contributed by atoms with Crippen molar-refractivity contribution in [1.29, 1.82) is 0 Å². The fourth-order valence-electron chi connectivity index (χ4n) is 2.80. The number of para-hydroxylation sites is 2. The van der Waals surface area contributed by atoms with E-state index < -0.39 is 0 Å². The first-order chi connectivity index (χ1) is 13.7. The summed E-state index contributed by atoms with van der Waals surface area (Å²) in [6.07, 6.45) is 2.02. The Morgan fingerprint density at radius 3 is 2.29 bits per heavy atom. The van der Waals surface area contributed by atoms with Gasteiger partial charge in [0.05, 0.1) is 11.3 Å². The van der Waals surface area contributed by atoms with Gasteiger partial charge in [0, 0.05) is 11.6 Å². The van der Waals surface area contributed by atoms with Gasteiger partial charge in [-0.05, 0) is 55.3 Å². The van der Waals surface area contributed by atoms with Crippen LogP contribution in [0.4, 0.5) is 5.69 Å². The number of amides is 2. The number of nitrogens with one attached hydrogen (secondary N) is 2. The second-order valence-electron chi connectivity index (χ2n) is 6.69. The number of benzene rings is 3. The maximum Gasteiger partial charge on any atom is 0.255 e. The fraction of sp³-hybridized carbons (Fsp3) is 0.130. The van der Waals surface area contributed by atoms with Gasteiger partial charge in [-0.2, -0.15) is 0 Å². The molecular formula is C23H20N2O3. The third kappa shape index (κ3) is 4.38. The van der Waals surface area contributed by atoms with Crippen LogP contribution in [0.5, 0.6) is 11.5 Å². The summed E-state index contributed by atoms with van der Waals surface area (Å²) in [6, 6.07) is 23.6. The van der Waals surface area contributed by atoms with Crippen molar-refractivity contribution in [2.24, 2.45) is 0 Å². The predicted octanol–water partition coefficient (Wildman–Crippen LogP) is 4.62. The van der Waals surface area contributed by atoms with Crippen molar-refractivity contribution in [1.82, 2.24) is 5.32 Å². The molecule has 1 saturated carbocycles. The molecule has 4 rings (SSSR count). The van der Waals surface area contributed by atoms with Crippen LogP contribution in [0.15, 0.2) is 78.9 Å². The average Bonchev–Trinajstić information content (AvgIpc) is 3.53. The zero-order chi connectivity index (χ0) is 19.3. The molecule has 5 heteroatoms. The standard InChI is InChI=1S/C23H20N2O3/c26-22(16-7-6-10-19(15-16)28-18-8-2-1-3-9-18)25-21-12-5-4-11-20(21)23(27)24-17-13-14-17/h1-12,15,17H,13-14H2,(H,24,27)(H,25,26). The van der Waals surface area contributed by atoms with Gasteiger partial charge in [0.1, 0.15) is 11.5 Å². The summed E-state index contributed by atoms with van der Waals surface area (Å²) in [6.45, 7) is 0. The van der Waals surface area contributed by atoms with Crippen LogP contribution in [0.3, 0.4) is 0 Å². The first-order valence-electron chi connectivity index (χ1n) is 9.23. The summed E-state index contributed by atoms with van der Waals surface area (Å²) < 4.78 is 5.79. The van der Waals surface area contributed by atoms with Crippen LogP contribution in [-0.4, -0.2) is 17.9 Å². The molecule has 0 aliphatic heterocycles. The number of ether oxygens (including phenoxy) is 1. The van der Waals surface area contributed by atoms with Crippen molar-refractivity contribution in [2.75, 3.05) is 5.32 Å². The topological polar surface area (TPSA) is 67.4 Å². The number of carbonyl (C=O) groups is 2. The van der Waals surface area contributed by atoms with E-state index in [4.69, 9.17) is 4.74 Å². The summed E-state index contributed by atoms with van der Waals surface area (Å²) in [5.41, 5.74) is 1.39. The molecule has 0 aromatic heterocycles. The van der Waals surface area contributed by atoms with Gasteiger partial charge in [0.2, 0.25) is 0 Å². The Balaban J connectivity index is 1.50. The smallest absolute Gasteiger partial charge is 0.255 e. The molecule has 1 fully saturated rings. The van der Waals surface area contributed by atoms with Gasteiger partial charge in [-0.1, -0.05) is 36.4 Å². The van der Waals surface area contributed by atoms with E-state index in [0.29, 0.717) is 28.3 Å². The molecule has 0 bridgehead atoms. The SMILES string of the molecule is O=C(Nc1ccccc1C(=O)NC1CC1)c1cccc(Oc2ccccc2)c1. The van der Waals surface area contributed by atoms with Gasteiger partial charge < -0.3 is 15.4 Å². The monoisotopic (exact) mass is 372 g/mol. The summed E-state index contributed by atoms with van der Waals surface area (Å²) in [5.74, 6) is 0.797. The predicted molar refractivity (Wildman–Crippen MR) is 108 cm³/mol. The molecule has 2 amide bonds. The van der Waals surface area contributed by atoms with Gasteiger partial charge in [0.25, 0.3) is 11.8 Å². The minimum Gasteiger partial charge on any atom is -0.457 e. The molecule has 28 heavy (non-hydrogen) atoms. The second-order valence-corrected chi connectivity index (χ2v) is 6.69. The lowest BCUT2D eigenvalue weighted by Crippen LogP contribution is -2.27. The molecular weight excluding hydrogens is 352 g/mol. The fourth-order valence-corrected chi connectivity index (χ4v) is 2.80. The highest BCUT2D eigenvalue weighted by Gasteiger charge is 2.25. The third-order valence-electron chi connectivity index (χ3n) is 4.41. The van der Waals surface area contributed by atoms with E-state index >= 15 is 0 Å². The molecule has 0 saturated heterocycles. The number of hydrogen-bond donors (Lipinski definition) is 2. The summed E-state index contributed by atoms with van der Waals surface area (Å²) in [4.78, 5) is 25.1. The van der Waals surface area contributed by atoms with Gasteiger partial charge in [-0.15, -0.1) is 0 Å². The van der Waals surface area contributed by atoms with Crippen molar-refractivity contribution in [2.45, 2.75) is 18.9 Å². The van der Waals surface area contributed by atoms with Crippen LogP contribution in [-0.2, 0) is 0 Å². The molecule has 3 aromatic carbocycles. The first-order valence-corrected chi connectivity index (χ1v) is 9.23. The number of carbonyl (C=O) groups excluding carboxylic acids is 2. The highest BCUT2D eigenvalue weighted by Crippen LogP contribution is 2.24. The lowest BCUT2D eigenvalue weighted by atomic mass is 10.1. The summed E-state index contributed by atoms with van der Waals surface area (Å²) >= 11 is 0. The minimum atomic E-state index is -0.301. The van der Waals surface area contributed by atoms with Crippen LogP contribution in [0.1, 0.15) is 33.6 Å². The van der Waals surface area contributed by atoms with Crippen LogP contribution in [0.2, 0.25) is 0 Å². The first kappa shape index (κ1) is 17.8. The van der Waals surface area contributed by atoms with Crippen LogP contribution in [0.25, 0.3) is 0 Å². The molecule has 5 nitrogen and oxygen atoms in total. The van der Waals surface area contributed by atoms with E-state index in [1.807, 2.05) is 30.3 Å². The van der Waals surface area contributed by atoms with Crippen molar-refractivity contribution in [3.63, 3.8) is 0 Å². The van der Waals surface area contributed by atoms with Crippen molar-refractivity contribution in [3.8, 4) is 11.5 Å². The zero-order valence-corrected chi connectivity index (χ0v) is 15.2. The van der Waals surface area contributed by atoms with Gasteiger partial charge in [-0.25, -0.2) is 0 Å². The Morgan fingerprint density at radius 2 is 1.50 bits per heavy atom. The normalized spacial score (nSPS) is 12.9. The largest absolute Gasteiger partial charge is 0.457 e. The Bertz CT molecular complexity index is 997. The number of rotatable bonds is 6. The quantitative estimate of drug-likeness (QED) is 0.663. The lowest BCUT2D eigenvalue weighted by Gasteiger charge is -2.12. The van der Waals surface area contributed by atoms with Crippen LogP contribution >= 0.6 is 0 Å². The summed E-state index contributed by atoms with van der Waals surface area (Å²) in [7, 11) is 0. The average molecular weight is 372 g/mol. The zero-order valence-electron chi connectivity index (χ0n) is 15.2. The second kappa shape index (κ2) is 7.96. The van der Waals surface area contributed by atoms with E-state index in [-0.39, 0.29) is 17.9 Å². The van der Waals surface area contributed by atoms with Crippen molar-refractivity contribution >= 4 is 17.5 Å². The molecule has 1 aliphatic rings. The molecule has 0 radical (unpaired) electrons. The lowest BCUT2D eigenvalue weighted by molar-refractivity contribution is 0.0952. The molecule has 0 atom stereocenters. The number of anilines is 1. The van der Waals surface area contributed by atoms with Crippen LogP contribution < -0.4 is 15.4 Å². The van der Waals surface area contributed by atoms with E-state index in [9.17, 15) is 9.59 Å². The summed E-state index contributed by atoms with van der Waals surface area (Å²) in [5, 5.41) is 5.79. The molecule has 0 heterocycles. The van der Waals surface area contributed by atoms with Crippen LogP contribution in [0, 0.1) is 0 Å². The van der Waals surface area contributed by atoms with E-state index in [2.05, 4.69) is 10.6 Å². The van der Waals surface area contributed by atoms with Gasteiger partial charge >= 0.3 is 0 Å². The molecule has 0 unspecified atom stereocenters. The molecule has 2 N–H and O–H groups in total. The molecule has 3 aromatic rings. The van der Waals surface area contributed by atoms with E-state index in [1.165, 1.54) is 0 Å². The van der Waals surface area contributed by atoms with Gasteiger partial charge in [0.15, 0.2) is 0 Å². The maximum atomic E-state index is 12.7. The molecule has 1 aliphatic carbocycles. The van der Waals surface area contributed by atoms with Gasteiger partial charge in [-0.3, -0.25) is 9.59 Å². The minimum absolute atomic E-state index is 0.167. The van der Waals surface area contributed by atoms with E-state index in [0.717, 1.165) is 12.8 Å². The molecule has 0 spiro atoms. The maximum absolute atomic E-state index is 12.7. The number of hydrogen-bond acceptors (Lipinski definition) is 3.